The topological polar surface area (TPSA) is 44.5 Å². The Hall–Kier alpha value is -0.350. The number of nitrogens with zero attached hydrogens (tertiary/aromatic N) is 1. The van der Waals surface area contributed by atoms with Crippen molar-refractivity contribution in [3.8, 4) is 0 Å². The molecule has 0 aliphatic carbocycles. The van der Waals surface area contributed by atoms with Crippen LogP contribution in [-0.2, 0) is 0 Å². The van der Waals surface area contributed by atoms with Crippen LogP contribution in [0, 0.1) is 4.77 Å². The van der Waals surface area contributed by atoms with Crippen LogP contribution in [0.4, 0.5) is 0 Å². The van der Waals surface area contributed by atoms with Gasteiger partial charge in [-0.1, -0.05) is 0 Å². The van der Waals surface area contributed by atoms with E-state index < -0.39 is 0 Å². The molecule has 0 saturated carbocycles. The first-order valence-electron chi connectivity index (χ1n) is 1.59. The molecule has 0 fully saturated rings. The summed E-state index contributed by atoms with van der Waals surface area (Å²) < 4.78 is 0.380. The van der Waals surface area contributed by atoms with E-state index in [2.05, 4.69) is 27.4 Å². The molecule has 1 heterocycles. The molecule has 5 heteroatoms. The molecule has 0 aromatic carbocycles. The van der Waals surface area contributed by atoms with Gasteiger partial charge in [0.15, 0.2) is 0 Å². The summed E-state index contributed by atoms with van der Waals surface area (Å²) in [5.41, 5.74) is 0. The summed E-state index contributed by atoms with van der Waals surface area (Å²) in [7, 11) is 0. The Bertz CT molecular complexity index is 201. The maximum Gasteiger partial charge on any atom is 0.217 e. The van der Waals surface area contributed by atoms with Crippen LogP contribution in [-0.4, -0.2) is 15.2 Å². The monoisotopic (exact) mass is 135 g/mol. The van der Waals surface area contributed by atoms with Crippen molar-refractivity contribution < 1.29 is 0 Å². The van der Waals surface area contributed by atoms with Gasteiger partial charge in [0.05, 0.1) is 0 Å². The van der Waals surface area contributed by atoms with Crippen molar-refractivity contribution in [3.63, 3.8) is 0 Å². The third-order valence-electron chi connectivity index (χ3n) is 0.472. The molecule has 1 rings (SSSR count). The van der Waals surface area contributed by atoms with E-state index >= 15 is 0 Å². The fourth-order valence-corrected chi connectivity index (χ4v) is 0.574. The largest absolute Gasteiger partial charge is 0.273 e. The molecule has 0 radical (unpaired) electrons. The van der Waals surface area contributed by atoms with E-state index in [0.29, 0.717) is 10.1 Å². The maximum atomic E-state index is 5.30. The molecule has 0 bridgehead atoms. The lowest BCUT2D eigenvalue weighted by Crippen LogP contribution is -1.61. The van der Waals surface area contributed by atoms with Gasteiger partial charge in [-0.25, -0.2) is 0 Å². The first kappa shape index (κ1) is 4.80. The summed E-state index contributed by atoms with van der Waals surface area (Å²) in [6, 6.07) is 0. The van der Waals surface area contributed by atoms with E-state index in [0.717, 1.165) is 0 Å². The average Bonchev–Trinajstić information content (AvgIpc) is 1.87. The number of rotatable bonds is 0. The summed E-state index contributed by atoms with van der Waals surface area (Å²) in [6.07, 6.45) is 0. The second-order valence-electron chi connectivity index (χ2n) is 0.958. The second kappa shape index (κ2) is 1.63. The minimum absolute atomic E-state index is 0.296. The minimum Gasteiger partial charge on any atom is -0.273 e. The number of hydrogen-bond acceptors (Lipinski definition) is 2. The van der Waals surface area contributed by atoms with Gasteiger partial charge in [-0.3, -0.25) is 10.2 Å². The van der Waals surface area contributed by atoms with Crippen molar-refractivity contribution >= 4 is 23.8 Å². The quantitative estimate of drug-likeness (QED) is 0.524. The minimum atomic E-state index is 0.296. The number of aromatic nitrogens is 3. The maximum absolute atomic E-state index is 5.30. The van der Waals surface area contributed by atoms with Gasteiger partial charge in [0.1, 0.15) is 0 Å². The summed E-state index contributed by atoms with van der Waals surface area (Å²) in [4.78, 5) is 3.58. The number of H-pyrrole nitrogens is 2. The Morgan fingerprint density at radius 3 is 2.43 bits per heavy atom. The zero-order valence-electron chi connectivity index (χ0n) is 3.23. The molecule has 1 aromatic rings. The van der Waals surface area contributed by atoms with Crippen molar-refractivity contribution in [2.45, 2.75) is 0 Å². The van der Waals surface area contributed by atoms with E-state index in [1.807, 2.05) is 0 Å². The Balaban J connectivity index is 3.30. The van der Waals surface area contributed by atoms with Gasteiger partial charge in [0, 0.05) is 0 Å². The number of hydrogen-bond donors (Lipinski definition) is 2. The lowest BCUT2D eigenvalue weighted by Gasteiger charge is -1.63. The molecule has 1 aromatic heterocycles. The third kappa shape index (κ3) is 1.01. The zero-order valence-corrected chi connectivity index (χ0v) is 4.81. The fourth-order valence-electron chi connectivity index (χ4n) is 0.250. The predicted octanol–water partition coefficient (Wildman–Crippen LogP) is 1.12. The Morgan fingerprint density at radius 1 is 1.57 bits per heavy atom. The van der Waals surface area contributed by atoms with E-state index in [9.17, 15) is 0 Å². The molecule has 0 aliphatic rings. The van der Waals surface area contributed by atoms with Gasteiger partial charge in [-0.2, -0.15) is 4.98 Å². The number of aromatic amines is 2. The highest BCUT2D eigenvalue weighted by atomic mass is 35.5. The molecule has 0 atom stereocenters. The van der Waals surface area contributed by atoms with E-state index in [-0.39, 0.29) is 0 Å². The summed E-state index contributed by atoms with van der Waals surface area (Å²) >= 11 is 9.85. The van der Waals surface area contributed by atoms with Gasteiger partial charge in [0.25, 0.3) is 0 Å². The highest BCUT2D eigenvalue weighted by Gasteiger charge is 1.83. The molecule has 0 aliphatic heterocycles. The lowest BCUT2D eigenvalue weighted by atomic mass is 11.3. The van der Waals surface area contributed by atoms with Crippen LogP contribution in [0.3, 0.4) is 0 Å². The Morgan fingerprint density at radius 2 is 2.29 bits per heavy atom. The van der Waals surface area contributed by atoms with Crippen LogP contribution < -0.4 is 0 Å². The predicted molar refractivity (Wildman–Crippen MR) is 28.8 cm³/mol. The van der Waals surface area contributed by atoms with Crippen molar-refractivity contribution in [1.82, 2.24) is 15.2 Å². The van der Waals surface area contributed by atoms with Crippen LogP contribution in [0.1, 0.15) is 0 Å². The molecule has 7 heavy (non-hydrogen) atoms. The smallest absolute Gasteiger partial charge is 0.217 e. The highest BCUT2D eigenvalue weighted by Crippen LogP contribution is 1.92. The summed E-state index contributed by atoms with van der Waals surface area (Å²) in [6.45, 7) is 0. The van der Waals surface area contributed by atoms with Crippen LogP contribution in [0.25, 0.3) is 0 Å². The molecular weight excluding hydrogens is 134 g/mol. The fraction of sp³-hybridized carbons (Fsp3) is 0. The zero-order chi connectivity index (χ0) is 5.28. The summed E-state index contributed by atoms with van der Waals surface area (Å²) in [5.74, 6) is 0. The van der Waals surface area contributed by atoms with Crippen molar-refractivity contribution in [1.29, 1.82) is 0 Å². The van der Waals surface area contributed by atoms with Crippen molar-refractivity contribution in [3.05, 3.63) is 10.1 Å². The molecule has 0 amide bonds. The third-order valence-corrected chi connectivity index (χ3v) is 0.845. The van der Waals surface area contributed by atoms with E-state index in [4.69, 9.17) is 11.6 Å². The summed E-state index contributed by atoms with van der Waals surface area (Å²) in [5, 5.41) is 5.30. The van der Waals surface area contributed by atoms with Crippen LogP contribution >= 0.6 is 23.8 Å². The van der Waals surface area contributed by atoms with Crippen molar-refractivity contribution in [2.75, 3.05) is 0 Å². The van der Waals surface area contributed by atoms with Gasteiger partial charge in [-0.05, 0) is 23.8 Å². The molecular formula is C2H2ClN3S. The van der Waals surface area contributed by atoms with Crippen molar-refractivity contribution in [2.24, 2.45) is 0 Å². The molecule has 0 unspecified atom stereocenters. The lowest BCUT2D eigenvalue weighted by molar-refractivity contribution is 1.08. The molecule has 0 saturated heterocycles. The molecule has 3 nitrogen and oxygen atoms in total. The van der Waals surface area contributed by atoms with Crippen LogP contribution in [0.2, 0.25) is 5.28 Å². The second-order valence-corrected chi connectivity index (χ2v) is 1.70. The van der Waals surface area contributed by atoms with Gasteiger partial charge < -0.3 is 0 Å². The molecule has 0 spiro atoms. The number of nitrogens with one attached hydrogen (secondary N) is 2. The Labute approximate surface area is 49.7 Å². The van der Waals surface area contributed by atoms with Gasteiger partial charge in [0.2, 0.25) is 10.1 Å². The standard InChI is InChI=1S/C2H2ClN3S/c3-1-4-2(7)6-5-1/h(H2,4,5,6,7). The SMILES string of the molecule is S=c1nc(Cl)[nH][nH]1. The first-order chi connectivity index (χ1) is 3.29. The Kier molecular flexibility index (Phi) is 1.12. The average molecular weight is 136 g/mol. The molecule has 2 N–H and O–H groups in total. The van der Waals surface area contributed by atoms with Crippen LogP contribution in [0.5, 0.6) is 0 Å². The number of halogens is 1. The normalized spacial score (nSPS) is 9.29. The van der Waals surface area contributed by atoms with Crippen LogP contribution in [0.15, 0.2) is 0 Å². The highest BCUT2D eigenvalue weighted by molar-refractivity contribution is 7.71. The van der Waals surface area contributed by atoms with E-state index in [1.165, 1.54) is 0 Å². The van der Waals surface area contributed by atoms with Gasteiger partial charge in [-0.15, -0.1) is 0 Å². The van der Waals surface area contributed by atoms with E-state index in [1.54, 1.807) is 0 Å². The first-order valence-corrected chi connectivity index (χ1v) is 2.38. The molecule has 38 valence electrons. The van der Waals surface area contributed by atoms with Gasteiger partial charge >= 0.3 is 0 Å².